The van der Waals surface area contributed by atoms with Gasteiger partial charge in [0.2, 0.25) is 0 Å². The summed E-state index contributed by atoms with van der Waals surface area (Å²) in [6.45, 7) is 8.97. The third kappa shape index (κ3) is 3.91. The molecule has 9 unspecified atom stereocenters. The van der Waals surface area contributed by atoms with Crippen LogP contribution in [0.15, 0.2) is 0 Å². The van der Waals surface area contributed by atoms with Crippen LogP contribution in [0.5, 0.6) is 0 Å². The summed E-state index contributed by atoms with van der Waals surface area (Å²) >= 11 is 0. The van der Waals surface area contributed by atoms with Crippen molar-refractivity contribution in [3.63, 3.8) is 0 Å². The monoisotopic (exact) mass is 420 g/mol. The van der Waals surface area contributed by atoms with Gasteiger partial charge < -0.3 is 14.2 Å². The predicted octanol–water partition coefficient (Wildman–Crippen LogP) is 4.62. The molecule has 0 aromatic carbocycles. The summed E-state index contributed by atoms with van der Waals surface area (Å²) in [5.74, 6) is 4.30. The van der Waals surface area contributed by atoms with Crippen molar-refractivity contribution in [1.29, 1.82) is 0 Å². The van der Waals surface area contributed by atoms with Crippen molar-refractivity contribution in [2.24, 2.45) is 46.8 Å². The van der Waals surface area contributed by atoms with E-state index in [0.29, 0.717) is 32.0 Å². The van der Waals surface area contributed by atoms with Crippen LogP contribution in [0, 0.1) is 46.8 Å². The van der Waals surface area contributed by atoms with Gasteiger partial charge in [-0.2, -0.15) is 0 Å². The van der Waals surface area contributed by atoms with Gasteiger partial charge in [-0.15, -0.1) is 0 Å². The van der Waals surface area contributed by atoms with Crippen LogP contribution < -0.4 is 0 Å². The van der Waals surface area contributed by atoms with E-state index in [9.17, 15) is 9.59 Å². The van der Waals surface area contributed by atoms with E-state index in [1.165, 1.54) is 25.7 Å². The molecule has 0 spiro atoms. The van der Waals surface area contributed by atoms with E-state index in [4.69, 9.17) is 14.2 Å². The van der Waals surface area contributed by atoms with Crippen LogP contribution in [-0.4, -0.2) is 37.9 Å². The summed E-state index contributed by atoms with van der Waals surface area (Å²) in [5.41, 5.74) is -0.672. The molecule has 5 heteroatoms. The van der Waals surface area contributed by atoms with Crippen LogP contribution in [0.2, 0.25) is 0 Å². The van der Waals surface area contributed by atoms with E-state index < -0.39 is 5.41 Å². The summed E-state index contributed by atoms with van der Waals surface area (Å²) in [7, 11) is 0. The fraction of sp³-hybridized carbons (Fsp3) is 0.920. The second-order valence-corrected chi connectivity index (χ2v) is 10.7. The highest BCUT2D eigenvalue weighted by atomic mass is 16.6. The third-order valence-electron chi connectivity index (χ3n) is 9.04. The van der Waals surface area contributed by atoms with E-state index >= 15 is 0 Å². The molecule has 170 valence electrons. The highest BCUT2D eigenvalue weighted by Gasteiger charge is 2.63. The molecule has 0 aromatic rings. The fourth-order valence-electron chi connectivity index (χ4n) is 7.55. The summed E-state index contributed by atoms with van der Waals surface area (Å²) in [6.07, 6.45) is 7.81. The van der Waals surface area contributed by atoms with Gasteiger partial charge in [0.25, 0.3) is 0 Å². The van der Waals surface area contributed by atoms with Gasteiger partial charge in [0.15, 0.2) is 0 Å². The number of rotatable bonds is 10. The Balaban J connectivity index is 1.29. The van der Waals surface area contributed by atoms with Crippen LogP contribution >= 0.6 is 0 Å². The molecule has 0 aliphatic heterocycles. The number of carbonyl (C=O) groups is 2. The maximum Gasteiger partial charge on any atom is 0.311 e. The van der Waals surface area contributed by atoms with Crippen LogP contribution in [-0.2, 0) is 23.8 Å². The Hall–Kier alpha value is -1.10. The summed E-state index contributed by atoms with van der Waals surface area (Å²) in [6, 6.07) is 0. The van der Waals surface area contributed by atoms with Crippen molar-refractivity contribution < 1.29 is 23.8 Å². The zero-order valence-electron chi connectivity index (χ0n) is 19.2. The smallest absolute Gasteiger partial charge is 0.311 e. The van der Waals surface area contributed by atoms with Crippen molar-refractivity contribution in [3.8, 4) is 0 Å². The maximum atomic E-state index is 12.9. The van der Waals surface area contributed by atoms with Gasteiger partial charge >= 0.3 is 11.9 Å². The van der Waals surface area contributed by atoms with Crippen molar-refractivity contribution >= 4 is 11.9 Å². The highest BCUT2D eigenvalue weighted by molar-refractivity contribution is 5.78. The van der Waals surface area contributed by atoms with Crippen LogP contribution in [0.3, 0.4) is 0 Å². The standard InChI is InChI=1S/C25H40O5/c1-5-25(4,24(27)29-10-9-28-6-2)14-15(3)23(26)30-20-13-18-12-19(20)22-17-8-7-16(11-17)21(18)22/h15-22H,5-14H2,1-4H3. The molecular weight excluding hydrogens is 380 g/mol. The molecule has 4 saturated carbocycles. The number of esters is 2. The SMILES string of the molecule is CCOCCOC(=O)C(C)(CC)CC(C)C(=O)OC1CC2CC1C1C3CCC(C3)C21. The second kappa shape index (κ2) is 8.80. The average molecular weight is 421 g/mol. The first-order valence-electron chi connectivity index (χ1n) is 12.3. The molecule has 0 radical (unpaired) electrons. The third-order valence-corrected chi connectivity index (χ3v) is 9.04. The van der Waals surface area contributed by atoms with Crippen LogP contribution in [0.1, 0.15) is 72.6 Å². The van der Waals surface area contributed by atoms with Gasteiger partial charge in [0.1, 0.15) is 12.7 Å². The molecule has 0 saturated heterocycles. The first-order valence-corrected chi connectivity index (χ1v) is 12.3. The Morgan fingerprint density at radius 2 is 1.73 bits per heavy atom. The lowest BCUT2D eigenvalue weighted by molar-refractivity contribution is -0.163. The summed E-state index contributed by atoms with van der Waals surface area (Å²) < 4.78 is 16.8. The minimum absolute atomic E-state index is 0.108. The molecule has 9 atom stereocenters. The number of hydrogen-bond acceptors (Lipinski definition) is 5. The maximum absolute atomic E-state index is 12.9. The Bertz CT molecular complexity index is 647. The molecule has 4 bridgehead atoms. The number of fused-ring (bicyclic) bond motifs is 9. The first-order chi connectivity index (χ1) is 14.4. The highest BCUT2D eigenvalue weighted by Crippen LogP contribution is 2.67. The lowest BCUT2D eigenvalue weighted by Crippen LogP contribution is -2.39. The molecule has 0 aromatic heterocycles. The summed E-state index contributed by atoms with van der Waals surface area (Å²) in [4.78, 5) is 25.6. The molecule has 4 aliphatic rings. The van der Waals surface area contributed by atoms with Gasteiger partial charge in [0.05, 0.1) is 17.9 Å². The van der Waals surface area contributed by atoms with E-state index in [1.54, 1.807) is 0 Å². The molecule has 0 amide bonds. The van der Waals surface area contributed by atoms with Crippen molar-refractivity contribution in [3.05, 3.63) is 0 Å². The number of ether oxygens (including phenoxy) is 3. The van der Waals surface area contributed by atoms with Gasteiger partial charge in [0, 0.05) is 6.61 Å². The Morgan fingerprint density at radius 1 is 1.00 bits per heavy atom. The topological polar surface area (TPSA) is 61.8 Å². The molecule has 4 fully saturated rings. The first kappa shape index (κ1) is 22.1. The van der Waals surface area contributed by atoms with Crippen molar-refractivity contribution in [2.75, 3.05) is 19.8 Å². The minimum atomic E-state index is -0.672. The van der Waals surface area contributed by atoms with Gasteiger partial charge in [-0.25, -0.2) is 0 Å². The number of hydrogen-bond donors (Lipinski definition) is 0. The predicted molar refractivity (Wildman–Crippen MR) is 114 cm³/mol. The molecule has 30 heavy (non-hydrogen) atoms. The van der Waals surface area contributed by atoms with Crippen molar-refractivity contribution in [2.45, 2.75) is 78.7 Å². The lowest BCUT2D eigenvalue weighted by Gasteiger charge is -2.38. The quantitative estimate of drug-likeness (QED) is 0.293. The molecule has 0 heterocycles. The van der Waals surface area contributed by atoms with Gasteiger partial charge in [-0.3, -0.25) is 9.59 Å². The molecule has 4 aliphatic carbocycles. The van der Waals surface area contributed by atoms with E-state index in [-0.39, 0.29) is 30.6 Å². The lowest BCUT2D eigenvalue weighted by atomic mass is 9.70. The normalized spacial score (nSPS) is 38.9. The van der Waals surface area contributed by atoms with E-state index in [2.05, 4.69) is 0 Å². The van der Waals surface area contributed by atoms with Crippen LogP contribution in [0.4, 0.5) is 0 Å². The Morgan fingerprint density at radius 3 is 2.43 bits per heavy atom. The Kier molecular flexibility index (Phi) is 6.48. The van der Waals surface area contributed by atoms with E-state index in [0.717, 1.165) is 36.0 Å². The zero-order valence-corrected chi connectivity index (χ0v) is 19.2. The fourth-order valence-corrected chi connectivity index (χ4v) is 7.55. The average Bonchev–Trinajstić information content (AvgIpc) is 3.50. The zero-order chi connectivity index (χ0) is 21.5. The Labute approximate surface area is 181 Å². The number of carbonyl (C=O) groups excluding carboxylic acids is 2. The van der Waals surface area contributed by atoms with Gasteiger partial charge in [-0.05, 0) is 94.3 Å². The molecule has 4 rings (SSSR count). The molecule has 0 N–H and O–H groups in total. The molecular formula is C25H40O5. The summed E-state index contributed by atoms with van der Waals surface area (Å²) in [5, 5.41) is 0. The van der Waals surface area contributed by atoms with E-state index in [1.807, 2.05) is 27.7 Å². The van der Waals surface area contributed by atoms with Crippen molar-refractivity contribution in [1.82, 2.24) is 0 Å². The largest absolute Gasteiger partial charge is 0.463 e. The molecule has 5 nitrogen and oxygen atoms in total. The van der Waals surface area contributed by atoms with Gasteiger partial charge in [-0.1, -0.05) is 13.8 Å². The van der Waals surface area contributed by atoms with Crippen LogP contribution in [0.25, 0.3) is 0 Å². The second-order valence-electron chi connectivity index (χ2n) is 10.7. The minimum Gasteiger partial charge on any atom is -0.463 e.